The Morgan fingerprint density at radius 2 is 0.950 bits per heavy atom. The normalized spacial score (nSPS) is 11.9. The van der Waals surface area contributed by atoms with Gasteiger partial charge in [-0.1, -0.05) is 152 Å². The summed E-state index contributed by atoms with van der Waals surface area (Å²) in [6.45, 7) is 0. The summed E-state index contributed by atoms with van der Waals surface area (Å²) in [4.78, 5) is 14.3. The highest BCUT2D eigenvalue weighted by molar-refractivity contribution is 7.81. The summed E-state index contributed by atoms with van der Waals surface area (Å²) in [6.07, 6.45) is 1.51. The van der Waals surface area contributed by atoms with Crippen LogP contribution in [0.2, 0.25) is 0 Å². The van der Waals surface area contributed by atoms with Crippen molar-refractivity contribution in [3.63, 3.8) is 0 Å². The molecule has 197 valence electrons. The quantitative estimate of drug-likeness (QED) is 0.141. The van der Waals surface area contributed by atoms with Crippen molar-refractivity contribution in [1.82, 2.24) is 0 Å². The van der Waals surface area contributed by atoms with Crippen LogP contribution in [-0.4, -0.2) is 26.0 Å². The Bertz CT molecular complexity index is 1430. The Morgan fingerprint density at radius 3 is 1.38 bits per heavy atom. The van der Waals surface area contributed by atoms with Gasteiger partial charge in [0.05, 0.1) is 5.66 Å². The second-order valence-corrected chi connectivity index (χ2v) is 14.8. The molecule has 5 aromatic rings. The molecule has 0 aliphatic heterocycles. The molecular formula is C35H32BO2P2. The lowest BCUT2D eigenvalue weighted by Crippen LogP contribution is -2.36. The van der Waals surface area contributed by atoms with Gasteiger partial charge in [0, 0.05) is 25.4 Å². The van der Waals surface area contributed by atoms with Gasteiger partial charge in [0.15, 0.2) is 7.14 Å². The maximum Gasteiger partial charge on any atom is 0.153 e. The predicted molar refractivity (Wildman–Crippen MR) is 173 cm³/mol. The van der Waals surface area contributed by atoms with Crippen molar-refractivity contribution in [3.05, 3.63) is 157 Å². The molecule has 40 heavy (non-hydrogen) atoms. The minimum absolute atomic E-state index is 0. The molecule has 5 rings (SSSR count). The highest BCUT2D eigenvalue weighted by Crippen LogP contribution is 2.53. The summed E-state index contributed by atoms with van der Waals surface area (Å²) in [6, 6.07) is 50.2. The van der Waals surface area contributed by atoms with E-state index in [2.05, 4.69) is 36.4 Å². The van der Waals surface area contributed by atoms with Crippen LogP contribution in [0, 0.1) is 0 Å². The van der Waals surface area contributed by atoms with Crippen LogP contribution in [0.4, 0.5) is 0 Å². The number of ketones is 1. The second kappa shape index (κ2) is 14.2. The standard InChI is InChI=1S/C35H32O2P2.B/c36-34(27-26-29-16-6-1-7-17-29)35(28-38(30-18-8-2-9-19-30)31-20-10-3-11-21-31)39(37,32-22-12-4-13-23-32)33-24-14-5-15-25-33;/h1-25,35H,26-28H2;. The minimum atomic E-state index is -3.34. The van der Waals surface area contributed by atoms with E-state index in [1.165, 1.54) is 10.6 Å². The predicted octanol–water partition coefficient (Wildman–Crippen LogP) is 6.32. The maximum atomic E-state index is 15.6. The summed E-state index contributed by atoms with van der Waals surface area (Å²) in [5, 5.41) is 3.86. The molecule has 0 fully saturated rings. The number of hydrogen-bond acceptors (Lipinski definition) is 2. The fraction of sp³-hybridized carbons (Fsp3) is 0.114. The van der Waals surface area contributed by atoms with Gasteiger partial charge in [-0.3, -0.25) is 4.79 Å². The Hall–Kier alpha value is -3.51. The molecule has 1 unspecified atom stereocenters. The van der Waals surface area contributed by atoms with E-state index in [9.17, 15) is 4.79 Å². The van der Waals surface area contributed by atoms with Crippen molar-refractivity contribution in [2.45, 2.75) is 18.5 Å². The molecule has 0 amide bonds. The van der Waals surface area contributed by atoms with Gasteiger partial charge in [-0.05, 0) is 36.7 Å². The Balaban J connectivity index is 0.00000370. The Morgan fingerprint density at radius 1 is 0.575 bits per heavy atom. The molecule has 0 N–H and O–H groups in total. The second-order valence-electron chi connectivity index (χ2n) is 9.58. The minimum Gasteiger partial charge on any atom is -0.313 e. The Labute approximate surface area is 241 Å². The monoisotopic (exact) mass is 557 g/mol. The number of Topliss-reactive ketones (excluding diaryl/α,β-unsaturated/α-hetero) is 1. The van der Waals surface area contributed by atoms with Gasteiger partial charge < -0.3 is 4.57 Å². The first-order valence-electron chi connectivity index (χ1n) is 13.3. The van der Waals surface area contributed by atoms with Crippen LogP contribution in [0.3, 0.4) is 0 Å². The van der Waals surface area contributed by atoms with Gasteiger partial charge in [-0.2, -0.15) is 0 Å². The largest absolute Gasteiger partial charge is 0.313 e. The van der Waals surface area contributed by atoms with E-state index < -0.39 is 20.7 Å². The maximum absolute atomic E-state index is 15.6. The van der Waals surface area contributed by atoms with Crippen LogP contribution in [0.15, 0.2) is 152 Å². The van der Waals surface area contributed by atoms with E-state index in [1.807, 2.05) is 115 Å². The van der Waals surface area contributed by atoms with Gasteiger partial charge in [0.1, 0.15) is 5.78 Å². The van der Waals surface area contributed by atoms with E-state index >= 15 is 4.57 Å². The van der Waals surface area contributed by atoms with E-state index in [-0.39, 0.29) is 14.2 Å². The first-order valence-corrected chi connectivity index (χ1v) is 16.6. The Kier molecular flexibility index (Phi) is 10.5. The summed E-state index contributed by atoms with van der Waals surface area (Å²) in [7, 11) is -4.27. The number of carbonyl (C=O) groups is 1. The highest BCUT2D eigenvalue weighted by Gasteiger charge is 2.42. The number of carbonyl (C=O) groups excluding carboxylic acids is 1. The first kappa shape index (κ1) is 29.5. The molecule has 0 saturated carbocycles. The smallest absolute Gasteiger partial charge is 0.153 e. The van der Waals surface area contributed by atoms with Crippen LogP contribution in [0.5, 0.6) is 0 Å². The van der Waals surface area contributed by atoms with E-state index in [0.717, 1.165) is 16.2 Å². The SMILES string of the molecule is O=C(CCc1ccccc1)C(CP(c1ccccc1)c1ccccc1)P(=O)(c1ccccc1)c1ccccc1.[B]. The van der Waals surface area contributed by atoms with E-state index in [1.54, 1.807) is 0 Å². The zero-order valence-electron chi connectivity index (χ0n) is 22.4. The summed E-state index contributed by atoms with van der Waals surface area (Å²) in [5.74, 6) is 0.0641. The van der Waals surface area contributed by atoms with Crippen LogP contribution < -0.4 is 21.2 Å². The third-order valence-corrected chi connectivity index (χ3v) is 13.4. The average Bonchev–Trinajstić information content (AvgIpc) is 3.02. The fourth-order valence-corrected chi connectivity index (χ4v) is 11.6. The van der Waals surface area contributed by atoms with Gasteiger partial charge in [-0.15, -0.1) is 0 Å². The topological polar surface area (TPSA) is 34.1 Å². The van der Waals surface area contributed by atoms with Crippen molar-refractivity contribution < 1.29 is 9.36 Å². The summed E-state index contributed by atoms with van der Waals surface area (Å²) >= 11 is 0. The molecule has 1 atom stereocenters. The van der Waals surface area contributed by atoms with Crippen molar-refractivity contribution in [2.24, 2.45) is 0 Å². The van der Waals surface area contributed by atoms with E-state index in [0.29, 0.717) is 19.0 Å². The third kappa shape index (κ3) is 6.79. The molecule has 0 aliphatic rings. The molecule has 3 radical (unpaired) electrons. The molecule has 0 saturated heterocycles. The van der Waals surface area contributed by atoms with Crippen LogP contribution in [-0.2, 0) is 15.8 Å². The number of hydrogen-bond donors (Lipinski definition) is 0. The molecule has 2 nitrogen and oxygen atoms in total. The highest BCUT2D eigenvalue weighted by atomic mass is 31.2. The van der Waals surface area contributed by atoms with Gasteiger partial charge in [-0.25, -0.2) is 0 Å². The van der Waals surface area contributed by atoms with Crippen molar-refractivity contribution >= 4 is 50.5 Å². The fourth-order valence-electron chi connectivity index (χ4n) is 5.05. The molecule has 0 bridgehead atoms. The van der Waals surface area contributed by atoms with Crippen molar-refractivity contribution in [1.29, 1.82) is 0 Å². The number of aryl methyl sites for hydroxylation is 1. The molecule has 5 aromatic carbocycles. The zero-order valence-corrected chi connectivity index (χ0v) is 24.2. The lowest BCUT2D eigenvalue weighted by molar-refractivity contribution is -0.118. The lowest BCUT2D eigenvalue weighted by atomic mass is 10.1. The van der Waals surface area contributed by atoms with Gasteiger partial charge in [0.2, 0.25) is 0 Å². The zero-order chi connectivity index (χ0) is 26.9. The number of benzene rings is 5. The van der Waals surface area contributed by atoms with E-state index in [4.69, 9.17) is 0 Å². The molecule has 0 heterocycles. The van der Waals surface area contributed by atoms with Gasteiger partial charge in [0.25, 0.3) is 0 Å². The third-order valence-electron chi connectivity index (χ3n) is 7.08. The molecular weight excluding hydrogens is 525 g/mol. The first-order chi connectivity index (χ1) is 19.2. The summed E-state index contributed by atoms with van der Waals surface area (Å²) in [5.41, 5.74) is 0.477. The van der Waals surface area contributed by atoms with Gasteiger partial charge >= 0.3 is 0 Å². The van der Waals surface area contributed by atoms with Crippen molar-refractivity contribution in [2.75, 3.05) is 6.16 Å². The molecule has 0 aromatic heterocycles. The molecule has 0 spiro atoms. The van der Waals surface area contributed by atoms with Crippen LogP contribution in [0.25, 0.3) is 0 Å². The molecule has 0 aliphatic carbocycles. The van der Waals surface area contributed by atoms with Crippen molar-refractivity contribution in [3.8, 4) is 0 Å². The summed E-state index contributed by atoms with van der Waals surface area (Å²) < 4.78 is 15.6. The van der Waals surface area contributed by atoms with Crippen LogP contribution >= 0.6 is 15.1 Å². The lowest BCUT2D eigenvalue weighted by Gasteiger charge is -2.31. The molecule has 5 heteroatoms. The average molecular weight is 557 g/mol. The number of rotatable bonds is 11. The van der Waals surface area contributed by atoms with Crippen LogP contribution in [0.1, 0.15) is 12.0 Å².